The summed E-state index contributed by atoms with van der Waals surface area (Å²) in [7, 11) is -4.50. The second kappa shape index (κ2) is 8.35. The number of aliphatic hydroxyl groups excluding tert-OH is 1. The molecular weight excluding hydrogens is 335 g/mol. The van der Waals surface area contributed by atoms with Crippen LogP contribution >= 0.6 is 11.8 Å². The molecule has 2 aromatic carbocycles. The molecule has 0 saturated carbocycles. The summed E-state index contributed by atoms with van der Waals surface area (Å²) in [5.74, 6) is 0.871. The first-order chi connectivity index (χ1) is 9.86. The molecular formula is C14H15NaO5S2. The number of phenolic OH excluding ortho intramolecular Hbond substituents is 1. The summed E-state index contributed by atoms with van der Waals surface area (Å²) in [4.78, 5) is 0.995. The van der Waals surface area contributed by atoms with Gasteiger partial charge in [-0.1, -0.05) is 24.3 Å². The van der Waals surface area contributed by atoms with Crippen molar-refractivity contribution in [2.24, 2.45) is 0 Å². The summed E-state index contributed by atoms with van der Waals surface area (Å²) in [5.41, 5.74) is -0.855. The van der Waals surface area contributed by atoms with Crippen molar-refractivity contribution < 1.29 is 23.2 Å². The van der Waals surface area contributed by atoms with Gasteiger partial charge in [-0.2, -0.15) is 8.42 Å². The Morgan fingerprint density at radius 3 is 2.05 bits per heavy atom. The van der Waals surface area contributed by atoms with Crippen molar-refractivity contribution in [1.82, 2.24) is 0 Å². The van der Waals surface area contributed by atoms with Gasteiger partial charge in [-0.15, -0.1) is 11.8 Å². The van der Waals surface area contributed by atoms with Gasteiger partial charge >= 0.3 is 29.6 Å². The first kappa shape index (κ1) is 19.5. The maximum absolute atomic E-state index is 10.8. The molecule has 1 unspecified atom stereocenters. The molecule has 8 heteroatoms. The van der Waals surface area contributed by atoms with Crippen molar-refractivity contribution in [3.8, 4) is 5.75 Å². The number of hydrogen-bond acceptors (Lipinski definition) is 5. The first-order valence-electron chi connectivity index (χ1n) is 6.01. The monoisotopic (exact) mass is 350 g/mol. The number of aromatic hydroxyl groups is 1. The fourth-order valence-electron chi connectivity index (χ4n) is 1.66. The van der Waals surface area contributed by atoms with Gasteiger partial charge in [-0.25, -0.2) is 0 Å². The van der Waals surface area contributed by atoms with Crippen LogP contribution in [0, 0.1) is 0 Å². The summed E-state index contributed by atoms with van der Waals surface area (Å²) < 4.78 is 30.5. The SMILES string of the molecule is O=S(=O)(O)C(O)c1ccc(CSc2ccc(O)cc2)cc1.[NaH]. The molecule has 0 saturated heterocycles. The Morgan fingerprint density at radius 2 is 1.55 bits per heavy atom. The molecule has 0 aliphatic carbocycles. The number of thioether (sulfide) groups is 1. The van der Waals surface area contributed by atoms with Crippen molar-refractivity contribution in [1.29, 1.82) is 0 Å². The molecule has 114 valence electrons. The predicted molar refractivity (Wildman–Crippen MR) is 87.8 cm³/mol. The molecule has 1 atom stereocenters. The third-order valence-corrected chi connectivity index (χ3v) is 4.71. The predicted octanol–water partition coefficient (Wildman–Crippen LogP) is 1.91. The van der Waals surface area contributed by atoms with E-state index in [1.807, 2.05) is 0 Å². The second-order valence-corrected chi connectivity index (χ2v) is 6.92. The normalized spacial score (nSPS) is 12.5. The molecule has 0 radical (unpaired) electrons. The molecule has 2 aromatic rings. The fourth-order valence-corrected chi connectivity index (χ4v) is 3.01. The molecule has 0 bridgehead atoms. The molecule has 0 aromatic heterocycles. The Kier molecular flexibility index (Phi) is 7.40. The van der Waals surface area contributed by atoms with Crippen LogP contribution in [0.25, 0.3) is 0 Å². The molecule has 3 N–H and O–H groups in total. The van der Waals surface area contributed by atoms with Crippen LogP contribution in [0.1, 0.15) is 16.6 Å². The average Bonchev–Trinajstić information content (AvgIpc) is 2.45. The summed E-state index contributed by atoms with van der Waals surface area (Å²) in [6.07, 6.45) is 0. The van der Waals surface area contributed by atoms with Gasteiger partial charge in [0.25, 0.3) is 10.1 Å². The molecule has 5 nitrogen and oxygen atoms in total. The van der Waals surface area contributed by atoms with Crippen molar-refractivity contribution in [2.75, 3.05) is 0 Å². The molecule has 22 heavy (non-hydrogen) atoms. The number of rotatable bonds is 5. The first-order valence-corrected chi connectivity index (χ1v) is 8.50. The molecule has 0 aliphatic heterocycles. The van der Waals surface area contributed by atoms with Gasteiger partial charge in [-0.3, -0.25) is 4.55 Å². The van der Waals surface area contributed by atoms with Crippen molar-refractivity contribution in [2.45, 2.75) is 16.1 Å². The van der Waals surface area contributed by atoms with Crippen LogP contribution < -0.4 is 0 Å². The van der Waals surface area contributed by atoms with Crippen LogP contribution in [-0.4, -0.2) is 52.7 Å². The quantitative estimate of drug-likeness (QED) is 0.433. The van der Waals surface area contributed by atoms with Gasteiger partial charge in [-0.05, 0) is 35.4 Å². The Balaban J connectivity index is 0.00000242. The van der Waals surface area contributed by atoms with Crippen molar-refractivity contribution in [3.05, 3.63) is 59.7 Å². The van der Waals surface area contributed by atoms with Gasteiger partial charge in [0.15, 0.2) is 0 Å². The minimum atomic E-state index is -4.50. The molecule has 2 rings (SSSR count). The zero-order chi connectivity index (χ0) is 15.5. The zero-order valence-electron chi connectivity index (χ0n) is 10.9. The van der Waals surface area contributed by atoms with Crippen molar-refractivity contribution >= 4 is 51.4 Å². The Bertz CT molecular complexity index is 699. The Hall–Kier alpha value is -0.540. The van der Waals surface area contributed by atoms with Crippen LogP contribution in [0.5, 0.6) is 5.75 Å². The Morgan fingerprint density at radius 1 is 1.00 bits per heavy atom. The second-order valence-electron chi connectivity index (χ2n) is 4.39. The molecule has 0 spiro atoms. The van der Waals surface area contributed by atoms with Crippen molar-refractivity contribution in [3.63, 3.8) is 0 Å². The van der Waals surface area contributed by atoms with Crippen LogP contribution in [0.3, 0.4) is 0 Å². The fraction of sp³-hybridized carbons (Fsp3) is 0.143. The summed E-state index contributed by atoms with van der Waals surface area (Å²) in [5, 5.41) is 18.6. The maximum atomic E-state index is 10.8. The van der Waals surface area contributed by atoms with Crippen LogP contribution in [0.2, 0.25) is 0 Å². The van der Waals surface area contributed by atoms with Gasteiger partial charge in [0.05, 0.1) is 0 Å². The van der Waals surface area contributed by atoms with Crippen LogP contribution in [0.4, 0.5) is 0 Å². The summed E-state index contributed by atoms with van der Waals surface area (Å²) in [6, 6.07) is 13.1. The summed E-state index contributed by atoms with van der Waals surface area (Å²) in [6.45, 7) is 0. The minimum absolute atomic E-state index is 0. The number of hydrogen-bond donors (Lipinski definition) is 3. The molecule has 0 amide bonds. The van der Waals surface area contributed by atoms with Gasteiger partial charge < -0.3 is 10.2 Å². The van der Waals surface area contributed by atoms with Crippen LogP contribution in [-0.2, 0) is 15.9 Å². The molecule has 0 aliphatic rings. The van der Waals surface area contributed by atoms with E-state index in [0.29, 0.717) is 5.75 Å². The Labute approximate surface area is 155 Å². The summed E-state index contributed by atoms with van der Waals surface area (Å²) >= 11 is 1.56. The molecule has 0 heterocycles. The van der Waals surface area contributed by atoms with E-state index in [0.717, 1.165) is 10.5 Å². The van der Waals surface area contributed by atoms with E-state index in [1.54, 1.807) is 48.2 Å². The third-order valence-electron chi connectivity index (χ3n) is 2.79. The molecule has 0 fully saturated rings. The van der Waals surface area contributed by atoms with Gasteiger partial charge in [0, 0.05) is 10.6 Å². The van der Waals surface area contributed by atoms with Gasteiger partial charge in [0.1, 0.15) is 5.75 Å². The van der Waals surface area contributed by atoms with E-state index < -0.39 is 15.6 Å². The van der Waals surface area contributed by atoms with E-state index in [-0.39, 0.29) is 40.9 Å². The zero-order valence-corrected chi connectivity index (χ0v) is 12.5. The topological polar surface area (TPSA) is 94.8 Å². The van der Waals surface area contributed by atoms with Crippen LogP contribution in [0.15, 0.2) is 53.4 Å². The standard InChI is InChI=1S/C14H14O5S2.Na.H/c15-12-5-7-13(8-6-12)20-9-10-1-3-11(4-2-10)14(16)21(17,18)19;;/h1-8,14-16H,9H2,(H,17,18,19);;. The van der Waals surface area contributed by atoms with E-state index in [4.69, 9.17) is 4.55 Å². The van der Waals surface area contributed by atoms with E-state index in [2.05, 4.69) is 0 Å². The van der Waals surface area contributed by atoms with E-state index in [1.165, 1.54) is 12.1 Å². The average molecular weight is 350 g/mol. The number of phenols is 1. The number of benzene rings is 2. The third kappa shape index (κ3) is 5.58. The van der Waals surface area contributed by atoms with Gasteiger partial charge in [0.2, 0.25) is 5.44 Å². The number of aliphatic hydroxyl groups is 1. The van der Waals surface area contributed by atoms with E-state index in [9.17, 15) is 18.6 Å². The van der Waals surface area contributed by atoms with E-state index >= 15 is 0 Å².